The first-order valence-electron chi connectivity index (χ1n) is 5.87. The summed E-state index contributed by atoms with van der Waals surface area (Å²) in [4.78, 5) is 24.2. The lowest BCUT2D eigenvalue weighted by Gasteiger charge is -2.08. The van der Waals surface area contributed by atoms with Gasteiger partial charge in [-0.3, -0.25) is 4.98 Å². The summed E-state index contributed by atoms with van der Waals surface area (Å²) in [6.07, 6.45) is 2.97. The number of nitrogens with zero attached hydrogens (tertiary/aromatic N) is 3. The lowest BCUT2D eigenvalue weighted by atomic mass is 10.2. The van der Waals surface area contributed by atoms with E-state index in [0.717, 1.165) is 0 Å². The smallest absolute Gasteiger partial charge is 0.341 e. The number of esters is 1. The number of hydrogen-bond acceptors (Lipinski definition) is 5. The van der Waals surface area contributed by atoms with Crippen LogP contribution in [0.5, 0.6) is 0 Å². The van der Waals surface area contributed by atoms with Gasteiger partial charge in [0, 0.05) is 12.4 Å². The first-order chi connectivity index (χ1) is 9.67. The highest BCUT2D eigenvalue weighted by Crippen LogP contribution is 2.23. The Balaban J connectivity index is 2.45. The van der Waals surface area contributed by atoms with Crippen molar-refractivity contribution >= 4 is 29.2 Å². The Labute approximate surface area is 125 Å². The Bertz CT molecular complexity index is 635. The van der Waals surface area contributed by atoms with Crippen LogP contribution in [0.2, 0.25) is 5.02 Å². The number of carbonyl (C=O) groups excluding carboxylic acids is 1. The largest absolute Gasteiger partial charge is 0.462 e. The van der Waals surface area contributed by atoms with E-state index in [1.807, 2.05) is 0 Å². The number of halogens is 2. The number of rotatable bonds is 4. The van der Waals surface area contributed by atoms with Gasteiger partial charge in [0.1, 0.15) is 11.3 Å². The molecule has 0 amide bonds. The number of aromatic nitrogens is 3. The van der Waals surface area contributed by atoms with E-state index >= 15 is 0 Å². The molecule has 0 fully saturated rings. The number of ether oxygens (including phenoxy) is 1. The summed E-state index contributed by atoms with van der Waals surface area (Å²) in [6, 6.07) is 3.40. The second kappa shape index (κ2) is 6.63. The average Bonchev–Trinajstić information content (AvgIpc) is 2.47. The van der Waals surface area contributed by atoms with E-state index in [1.54, 1.807) is 25.3 Å². The standard InChI is InChI=1S/C13H11Cl2N3O2/c1-2-20-13(19)8-7-17-12(18-10(8)6-14)11-9(15)4-3-5-16-11/h3-5,7H,2,6H2,1H3. The average molecular weight is 312 g/mol. The van der Waals surface area contributed by atoms with E-state index in [1.165, 1.54) is 6.20 Å². The Morgan fingerprint density at radius 1 is 1.40 bits per heavy atom. The lowest BCUT2D eigenvalue weighted by Crippen LogP contribution is -2.10. The molecule has 2 heterocycles. The van der Waals surface area contributed by atoms with Gasteiger partial charge in [0.15, 0.2) is 5.82 Å². The first-order valence-corrected chi connectivity index (χ1v) is 6.78. The van der Waals surface area contributed by atoms with Crippen LogP contribution in [0.3, 0.4) is 0 Å². The molecule has 0 aliphatic heterocycles. The maximum atomic E-state index is 11.7. The number of hydrogen-bond donors (Lipinski definition) is 0. The summed E-state index contributed by atoms with van der Waals surface area (Å²) < 4.78 is 4.92. The molecule has 0 spiro atoms. The molecule has 0 N–H and O–H groups in total. The highest BCUT2D eigenvalue weighted by atomic mass is 35.5. The van der Waals surface area contributed by atoms with Crippen LogP contribution in [0, 0.1) is 0 Å². The van der Waals surface area contributed by atoms with Crippen molar-refractivity contribution in [2.75, 3.05) is 6.61 Å². The molecule has 0 aromatic carbocycles. The monoisotopic (exact) mass is 311 g/mol. The molecule has 0 atom stereocenters. The minimum atomic E-state index is -0.498. The van der Waals surface area contributed by atoms with Crippen molar-refractivity contribution in [3.05, 3.63) is 40.8 Å². The maximum absolute atomic E-state index is 11.7. The second-order valence-electron chi connectivity index (χ2n) is 3.74. The molecule has 2 aromatic rings. The van der Waals surface area contributed by atoms with Crippen molar-refractivity contribution in [1.29, 1.82) is 0 Å². The molecule has 2 aromatic heterocycles. The van der Waals surface area contributed by atoms with Crippen LogP contribution >= 0.6 is 23.2 Å². The third-order valence-electron chi connectivity index (χ3n) is 2.46. The van der Waals surface area contributed by atoms with Crippen LogP contribution < -0.4 is 0 Å². The predicted octanol–water partition coefficient (Wildman–Crippen LogP) is 3.11. The second-order valence-corrected chi connectivity index (χ2v) is 4.42. The van der Waals surface area contributed by atoms with Crippen LogP contribution in [0.15, 0.2) is 24.5 Å². The van der Waals surface area contributed by atoms with Crippen LogP contribution in [0.25, 0.3) is 11.5 Å². The van der Waals surface area contributed by atoms with Gasteiger partial charge >= 0.3 is 5.97 Å². The lowest BCUT2D eigenvalue weighted by molar-refractivity contribution is 0.0524. The summed E-state index contributed by atoms with van der Waals surface area (Å²) in [7, 11) is 0. The van der Waals surface area contributed by atoms with Crippen molar-refractivity contribution < 1.29 is 9.53 Å². The molecule has 2 rings (SSSR count). The highest BCUT2D eigenvalue weighted by Gasteiger charge is 2.17. The Hall–Kier alpha value is -1.72. The predicted molar refractivity (Wildman–Crippen MR) is 75.8 cm³/mol. The van der Waals surface area contributed by atoms with E-state index < -0.39 is 5.97 Å². The van der Waals surface area contributed by atoms with Gasteiger partial charge in [-0.2, -0.15) is 0 Å². The number of alkyl halides is 1. The zero-order valence-electron chi connectivity index (χ0n) is 10.6. The molecule has 0 saturated carbocycles. The minimum absolute atomic E-state index is 0.0636. The molecule has 0 saturated heterocycles. The molecule has 0 bridgehead atoms. The molecule has 0 aliphatic rings. The molecule has 0 radical (unpaired) electrons. The van der Waals surface area contributed by atoms with Crippen molar-refractivity contribution in [2.45, 2.75) is 12.8 Å². The summed E-state index contributed by atoms with van der Waals surface area (Å²) in [6.45, 7) is 2.00. The van der Waals surface area contributed by atoms with Gasteiger partial charge < -0.3 is 4.74 Å². The van der Waals surface area contributed by atoms with Crippen LogP contribution in [0.1, 0.15) is 23.0 Å². The van der Waals surface area contributed by atoms with E-state index in [0.29, 0.717) is 22.2 Å². The Morgan fingerprint density at radius 2 is 2.20 bits per heavy atom. The normalized spacial score (nSPS) is 10.3. The summed E-state index contributed by atoms with van der Waals surface area (Å²) in [5.41, 5.74) is 1.07. The molecular formula is C13H11Cl2N3O2. The van der Waals surface area contributed by atoms with Crippen LogP contribution in [-0.4, -0.2) is 27.5 Å². The van der Waals surface area contributed by atoms with E-state index in [4.69, 9.17) is 27.9 Å². The van der Waals surface area contributed by atoms with Gasteiger partial charge in [0.25, 0.3) is 0 Å². The molecule has 20 heavy (non-hydrogen) atoms. The fourth-order valence-electron chi connectivity index (χ4n) is 1.56. The summed E-state index contributed by atoms with van der Waals surface area (Å²) >= 11 is 11.9. The highest BCUT2D eigenvalue weighted by molar-refractivity contribution is 6.32. The maximum Gasteiger partial charge on any atom is 0.341 e. The van der Waals surface area contributed by atoms with Gasteiger partial charge in [-0.1, -0.05) is 11.6 Å². The quantitative estimate of drug-likeness (QED) is 0.641. The van der Waals surface area contributed by atoms with Gasteiger partial charge in [0.05, 0.1) is 23.2 Å². The first kappa shape index (κ1) is 14.7. The third kappa shape index (κ3) is 3.05. The number of pyridine rings is 1. The summed E-state index contributed by atoms with van der Waals surface area (Å²) in [5.74, 6) is -0.116. The molecule has 0 aliphatic carbocycles. The Kier molecular flexibility index (Phi) is 4.87. The van der Waals surface area contributed by atoms with E-state index in [9.17, 15) is 4.79 Å². The van der Waals surface area contributed by atoms with Crippen LogP contribution in [-0.2, 0) is 10.6 Å². The molecular weight excluding hydrogens is 301 g/mol. The van der Waals surface area contributed by atoms with E-state index in [2.05, 4.69) is 15.0 Å². The molecule has 7 heteroatoms. The van der Waals surface area contributed by atoms with Gasteiger partial charge in [-0.25, -0.2) is 14.8 Å². The van der Waals surface area contributed by atoms with Crippen molar-refractivity contribution in [3.63, 3.8) is 0 Å². The van der Waals surface area contributed by atoms with E-state index in [-0.39, 0.29) is 18.1 Å². The van der Waals surface area contributed by atoms with Crippen molar-refractivity contribution in [1.82, 2.24) is 15.0 Å². The fraction of sp³-hybridized carbons (Fsp3) is 0.231. The van der Waals surface area contributed by atoms with Gasteiger partial charge in [-0.15, -0.1) is 11.6 Å². The molecule has 0 unspecified atom stereocenters. The molecule has 5 nitrogen and oxygen atoms in total. The third-order valence-corrected chi connectivity index (χ3v) is 3.02. The topological polar surface area (TPSA) is 65.0 Å². The Morgan fingerprint density at radius 3 is 2.85 bits per heavy atom. The van der Waals surface area contributed by atoms with Crippen molar-refractivity contribution in [2.24, 2.45) is 0 Å². The fourth-order valence-corrected chi connectivity index (χ4v) is 1.97. The van der Waals surface area contributed by atoms with Crippen molar-refractivity contribution in [3.8, 4) is 11.5 Å². The summed E-state index contributed by atoms with van der Waals surface area (Å²) in [5, 5.41) is 0.428. The SMILES string of the molecule is CCOC(=O)c1cnc(-c2ncccc2Cl)nc1CCl. The van der Waals surface area contributed by atoms with Crippen LogP contribution in [0.4, 0.5) is 0 Å². The zero-order valence-corrected chi connectivity index (χ0v) is 12.1. The van der Waals surface area contributed by atoms with Gasteiger partial charge in [-0.05, 0) is 19.1 Å². The zero-order chi connectivity index (χ0) is 14.5. The minimum Gasteiger partial charge on any atom is -0.462 e. The number of carbonyl (C=O) groups is 1. The van der Waals surface area contributed by atoms with Gasteiger partial charge in [0.2, 0.25) is 0 Å². The molecule has 104 valence electrons.